The first-order valence-electron chi connectivity index (χ1n) is 15.0. The summed E-state index contributed by atoms with van der Waals surface area (Å²) in [5, 5.41) is 21.4. The van der Waals surface area contributed by atoms with Crippen molar-refractivity contribution < 1.29 is 38.4 Å². The highest BCUT2D eigenvalue weighted by molar-refractivity contribution is 6.07. The lowest BCUT2D eigenvalue weighted by Gasteiger charge is -2.29. The van der Waals surface area contributed by atoms with Crippen LogP contribution in [-0.4, -0.2) is 77.9 Å². The number of hydrogen-bond acceptors (Lipinski definition) is 10. The van der Waals surface area contributed by atoms with E-state index in [2.05, 4.69) is 15.3 Å². The molecule has 13 heteroatoms. The number of aliphatic imine (C=N–C) groups is 1. The van der Waals surface area contributed by atoms with Crippen LogP contribution in [0.1, 0.15) is 91.0 Å². The third kappa shape index (κ3) is 8.87. The second-order valence-corrected chi connectivity index (χ2v) is 12.5. The van der Waals surface area contributed by atoms with Crippen molar-refractivity contribution >= 4 is 30.2 Å². The van der Waals surface area contributed by atoms with Gasteiger partial charge in [-0.2, -0.15) is 0 Å². The Balaban J connectivity index is 1.81. The van der Waals surface area contributed by atoms with Crippen molar-refractivity contribution in [2.75, 3.05) is 13.2 Å². The van der Waals surface area contributed by atoms with E-state index in [4.69, 9.17) is 30.1 Å². The van der Waals surface area contributed by atoms with Crippen LogP contribution in [-0.2, 0) is 34.1 Å². The van der Waals surface area contributed by atoms with Crippen LogP contribution in [0.2, 0.25) is 0 Å². The van der Waals surface area contributed by atoms with Gasteiger partial charge in [0.2, 0.25) is 0 Å². The molecule has 0 unspecified atom stereocenters. The fourth-order valence-corrected chi connectivity index (χ4v) is 5.20. The van der Waals surface area contributed by atoms with Crippen LogP contribution >= 0.6 is 0 Å². The maximum Gasteiger partial charge on any atom is 0.412 e. The number of aromatic amines is 1. The van der Waals surface area contributed by atoms with Crippen molar-refractivity contribution in [2.24, 2.45) is 22.1 Å². The number of nitrogens with two attached hydrogens (primary N) is 1. The van der Waals surface area contributed by atoms with E-state index in [0.29, 0.717) is 24.2 Å². The Morgan fingerprint density at radius 1 is 1.28 bits per heavy atom. The number of alkyl carbamates (subject to hydrolysis) is 1. The van der Waals surface area contributed by atoms with E-state index in [9.17, 15) is 19.5 Å². The lowest BCUT2D eigenvalue weighted by molar-refractivity contribution is -0.163. The zero-order valence-electron chi connectivity index (χ0n) is 25.8. The largest absolute Gasteiger partial charge is 0.463 e. The van der Waals surface area contributed by atoms with E-state index in [1.54, 1.807) is 39.8 Å². The third-order valence-corrected chi connectivity index (χ3v) is 8.04. The lowest BCUT2D eigenvalue weighted by Crippen LogP contribution is -2.48. The normalized spacial score (nSPS) is 25.3. The molecule has 1 saturated carbocycles. The number of aromatic nitrogens is 1. The Bertz CT molecular complexity index is 1160. The van der Waals surface area contributed by atoms with Gasteiger partial charge in [-0.1, -0.05) is 47.0 Å². The van der Waals surface area contributed by atoms with Gasteiger partial charge >= 0.3 is 18.0 Å². The fourth-order valence-electron chi connectivity index (χ4n) is 5.20. The van der Waals surface area contributed by atoms with Gasteiger partial charge < -0.3 is 34.8 Å². The number of nitrogens with one attached hydrogen (secondary N) is 3. The Morgan fingerprint density at radius 2 is 1.98 bits per heavy atom. The third-order valence-electron chi connectivity index (χ3n) is 8.04. The van der Waals surface area contributed by atoms with Crippen LogP contribution in [0, 0.1) is 16.7 Å². The summed E-state index contributed by atoms with van der Waals surface area (Å²) in [6, 6.07) is 2.24. The second kappa shape index (κ2) is 14.9. The summed E-state index contributed by atoms with van der Waals surface area (Å²) in [5.74, 6) is -0.778. The number of aliphatic hydroxyl groups is 1. The number of rotatable bonds is 12. The van der Waals surface area contributed by atoms with E-state index in [1.807, 2.05) is 6.92 Å². The molecule has 6 N–H and O–H groups in total. The molecule has 2 heterocycles. The van der Waals surface area contributed by atoms with Crippen molar-refractivity contribution in [3.05, 3.63) is 23.5 Å². The van der Waals surface area contributed by atoms with Crippen LogP contribution in [0.4, 0.5) is 4.79 Å². The van der Waals surface area contributed by atoms with Gasteiger partial charge in [0.15, 0.2) is 11.9 Å². The number of aliphatic hydroxyl groups excluding tert-OH is 1. The summed E-state index contributed by atoms with van der Waals surface area (Å²) in [6.45, 7) is 8.98. The van der Waals surface area contributed by atoms with Gasteiger partial charge in [0, 0.05) is 6.42 Å². The molecule has 2 fully saturated rings. The zero-order chi connectivity index (χ0) is 31.8. The maximum absolute atomic E-state index is 13.0. The van der Waals surface area contributed by atoms with Gasteiger partial charge in [-0.3, -0.25) is 20.3 Å². The molecule has 5 atom stereocenters. The Kier molecular flexibility index (Phi) is 11.9. The van der Waals surface area contributed by atoms with Gasteiger partial charge in [-0.05, 0) is 49.7 Å². The smallest absolute Gasteiger partial charge is 0.412 e. The highest BCUT2D eigenvalue weighted by Crippen LogP contribution is 2.41. The van der Waals surface area contributed by atoms with Crippen LogP contribution in [0.15, 0.2) is 17.1 Å². The van der Waals surface area contributed by atoms with E-state index >= 15 is 0 Å². The standard InChI is InChI=1S/C30H47N5O8/c1-6-7-14-40-28(39)35-26(33-17-31)19-12-13-21(34-19)30(5)25(37)23(42-27(38)24(32)29(2,3)4)20(43-30)16-41-22(36)15-18-10-8-9-11-18/h12-13,17-18,20,23-25,34,37H,6-11,14-16,32H2,1-5H3,(H2,31,33,35,39)/t20-,23-,24-,25-,30+/m1/s1. The predicted octanol–water partition coefficient (Wildman–Crippen LogP) is 3.28. The monoisotopic (exact) mass is 605 g/mol. The Hall–Kier alpha value is -3.29. The number of nitrogens with zero attached hydrogens (tertiary/aromatic N) is 1. The molecule has 1 aliphatic heterocycles. The van der Waals surface area contributed by atoms with Crippen molar-refractivity contribution in [3.8, 4) is 0 Å². The molecule has 1 aliphatic carbocycles. The number of amidine groups is 1. The van der Waals surface area contributed by atoms with Crippen LogP contribution in [0.25, 0.3) is 0 Å². The van der Waals surface area contributed by atoms with Crippen molar-refractivity contribution in [2.45, 2.75) is 110 Å². The van der Waals surface area contributed by atoms with Gasteiger partial charge in [-0.15, -0.1) is 0 Å². The van der Waals surface area contributed by atoms with Crippen molar-refractivity contribution in [1.82, 2.24) is 10.3 Å². The summed E-state index contributed by atoms with van der Waals surface area (Å²) in [5.41, 5.74) is 4.77. The number of H-pyrrole nitrogens is 1. The second-order valence-electron chi connectivity index (χ2n) is 12.5. The SMILES string of the molecule is CCCCOC(=O)N/C(=N/C=N)c1ccc([C@]2(C)O[C@H](COC(=O)CC3CCCC3)[C@@H](OC(=O)[C@@H](N)C(C)(C)C)[C@H]2O)[nH]1. The molecule has 2 aliphatic rings. The number of ether oxygens (including phenoxy) is 4. The maximum atomic E-state index is 13.0. The molecule has 1 amide bonds. The minimum atomic E-state index is -1.45. The van der Waals surface area contributed by atoms with Crippen LogP contribution in [0.5, 0.6) is 0 Å². The number of carbonyl (C=O) groups is 3. The summed E-state index contributed by atoms with van der Waals surface area (Å²) < 4.78 is 22.7. The summed E-state index contributed by atoms with van der Waals surface area (Å²) in [4.78, 5) is 44.8. The van der Waals surface area contributed by atoms with Crippen LogP contribution < -0.4 is 11.1 Å². The van der Waals surface area contributed by atoms with E-state index in [-0.39, 0.29) is 30.9 Å². The highest BCUT2D eigenvalue weighted by Gasteiger charge is 2.56. The Morgan fingerprint density at radius 3 is 2.60 bits per heavy atom. The molecule has 3 rings (SSSR count). The number of esters is 2. The number of carbonyl (C=O) groups excluding carboxylic acids is 3. The summed E-state index contributed by atoms with van der Waals surface area (Å²) in [6.07, 6.45) is 2.50. The first-order chi connectivity index (χ1) is 20.3. The molecule has 1 aromatic heterocycles. The number of hydrogen-bond donors (Lipinski definition) is 5. The zero-order valence-corrected chi connectivity index (χ0v) is 25.8. The van der Waals surface area contributed by atoms with Gasteiger partial charge in [0.25, 0.3) is 0 Å². The lowest BCUT2D eigenvalue weighted by atomic mass is 9.87. The molecule has 0 aromatic carbocycles. The molecular formula is C30H47N5O8. The number of amides is 1. The first-order valence-corrected chi connectivity index (χ1v) is 15.0. The molecule has 1 saturated heterocycles. The predicted molar refractivity (Wildman–Crippen MR) is 159 cm³/mol. The minimum absolute atomic E-state index is 0.0235. The molecule has 0 spiro atoms. The van der Waals surface area contributed by atoms with Gasteiger partial charge in [-0.25, -0.2) is 9.79 Å². The van der Waals surface area contributed by atoms with Gasteiger partial charge in [0.05, 0.1) is 18.0 Å². The molecule has 0 bridgehead atoms. The summed E-state index contributed by atoms with van der Waals surface area (Å²) >= 11 is 0. The van der Waals surface area contributed by atoms with Gasteiger partial charge in [0.1, 0.15) is 36.8 Å². The van der Waals surface area contributed by atoms with Crippen LogP contribution in [0.3, 0.4) is 0 Å². The van der Waals surface area contributed by atoms with Crippen molar-refractivity contribution in [1.29, 1.82) is 5.41 Å². The molecule has 240 valence electrons. The van der Waals surface area contributed by atoms with E-state index < -0.39 is 47.4 Å². The Labute approximate surface area is 252 Å². The topological polar surface area (TPSA) is 198 Å². The van der Waals surface area contributed by atoms with E-state index in [0.717, 1.165) is 38.4 Å². The average molecular weight is 606 g/mol. The number of unbranched alkanes of at least 4 members (excludes halogenated alkanes) is 1. The van der Waals surface area contributed by atoms with E-state index in [1.165, 1.54) is 0 Å². The van der Waals surface area contributed by atoms with Crippen molar-refractivity contribution in [3.63, 3.8) is 0 Å². The fraction of sp³-hybridized carbons (Fsp3) is 0.700. The molecule has 13 nitrogen and oxygen atoms in total. The molecular weight excluding hydrogens is 558 g/mol. The highest BCUT2D eigenvalue weighted by atomic mass is 16.6. The quantitative estimate of drug-likeness (QED) is 0.0780. The summed E-state index contributed by atoms with van der Waals surface area (Å²) in [7, 11) is 0. The average Bonchev–Trinajstić information content (AvgIpc) is 3.69. The molecule has 0 radical (unpaired) electrons. The molecule has 43 heavy (non-hydrogen) atoms. The first kappa shape index (κ1) is 34.2. The minimum Gasteiger partial charge on any atom is -0.463 e. The molecule has 1 aromatic rings.